The molecule has 0 aromatic carbocycles. The molecule has 2 rings (SSSR count). The van der Waals surface area contributed by atoms with Crippen LogP contribution in [-0.2, 0) is 11.3 Å². The molecule has 1 atom stereocenters. The summed E-state index contributed by atoms with van der Waals surface area (Å²) in [6.45, 7) is 3.92. The minimum atomic E-state index is -0.967. The number of carbonyl (C=O) groups is 2. The number of hydrogen-bond acceptors (Lipinski definition) is 5. The van der Waals surface area contributed by atoms with Crippen LogP contribution in [0.3, 0.4) is 0 Å². The molecule has 104 valence electrons. The van der Waals surface area contributed by atoms with Crippen molar-refractivity contribution in [1.82, 2.24) is 10.3 Å². The topological polar surface area (TPSA) is 79.3 Å². The zero-order chi connectivity index (χ0) is 14.0. The number of rotatable bonds is 4. The molecular formula is C12H16N2O3S2. The predicted molar refractivity (Wildman–Crippen MR) is 75.8 cm³/mol. The number of hydrogen-bond donors (Lipinski definition) is 2. The van der Waals surface area contributed by atoms with Crippen LogP contribution in [0.1, 0.15) is 40.1 Å². The molecule has 19 heavy (non-hydrogen) atoms. The molecule has 5 nitrogen and oxygen atoms in total. The Kier molecular flexibility index (Phi) is 4.15. The Hall–Kier alpha value is -1.08. The van der Waals surface area contributed by atoms with Crippen molar-refractivity contribution in [3.63, 3.8) is 0 Å². The van der Waals surface area contributed by atoms with E-state index in [0.717, 1.165) is 29.9 Å². The average Bonchev–Trinajstić information content (AvgIpc) is 2.93. The number of thioether (sulfide) groups is 1. The van der Waals surface area contributed by atoms with E-state index in [9.17, 15) is 9.59 Å². The van der Waals surface area contributed by atoms with Gasteiger partial charge in [-0.3, -0.25) is 4.79 Å². The van der Waals surface area contributed by atoms with E-state index in [1.807, 2.05) is 6.92 Å². The first-order chi connectivity index (χ1) is 8.92. The highest BCUT2D eigenvalue weighted by molar-refractivity contribution is 8.01. The molecule has 1 aromatic heterocycles. The Bertz CT molecular complexity index is 507. The number of aromatic nitrogens is 1. The number of nitrogens with zero attached hydrogens (tertiary/aromatic N) is 1. The molecule has 1 fully saturated rings. The number of aryl methyl sites for hydroxylation is 1. The van der Waals surface area contributed by atoms with E-state index in [-0.39, 0.29) is 15.5 Å². The maximum Gasteiger partial charge on any atom is 0.347 e. The first-order valence-electron chi connectivity index (χ1n) is 6.04. The maximum absolute atomic E-state index is 12.1. The van der Waals surface area contributed by atoms with Gasteiger partial charge in [0.05, 0.1) is 17.0 Å². The zero-order valence-electron chi connectivity index (χ0n) is 10.9. The van der Waals surface area contributed by atoms with Crippen LogP contribution in [0, 0.1) is 6.92 Å². The zero-order valence-corrected chi connectivity index (χ0v) is 12.5. The lowest BCUT2D eigenvalue weighted by Crippen LogP contribution is -2.39. The lowest BCUT2D eigenvalue weighted by molar-refractivity contribution is -0.123. The first kappa shape index (κ1) is 14.3. The molecule has 0 aliphatic carbocycles. The minimum Gasteiger partial charge on any atom is -0.477 e. The minimum absolute atomic E-state index is 0.0136. The fraction of sp³-hybridized carbons (Fsp3) is 0.583. The largest absolute Gasteiger partial charge is 0.477 e. The summed E-state index contributed by atoms with van der Waals surface area (Å²) >= 11 is 2.80. The summed E-state index contributed by atoms with van der Waals surface area (Å²) in [6.07, 6.45) is 1.95. The molecule has 1 aliphatic heterocycles. The second-order valence-corrected chi connectivity index (χ2v) is 7.37. The Labute approximate surface area is 119 Å². The molecule has 1 amide bonds. The first-order valence-corrected chi connectivity index (χ1v) is 7.84. The molecule has 0 spiro atoms. The van der Waals surface area contributed by atoms with Gasteiger partial charge in [-0.25, -0.2) is 9.78 Å². The third-order valence-corrected chi connectivity index (χ3v) is 5.80. The molecule has 2 heterocycles. The van der Waals surface area contributed by atoms with Gasteiger partial charge in [0.1, 0.15) is 9.88 Å². The van der Waals surface area contributed by atoms with Crippen LogP contribution in [0.15, 0.2) is 0 Å². The molecular weight excluding hydrogens is 284 g/mol. The highest BCUT2D eigenvalue weighted by Crippen LogP contribution is 2.37. The number of nitrogens with one attached hydrogen (secondary N) is 1. The van der Waals surface area contributed by atoms with Gasteiger partial charge >= 0.3 is 5.97 Å². The lowest BCUT2D eigenvalue weighted by atomic mass is 10.1. The fourth-order valence-electron chi connectivity index (χ4n) is 2.03. The van der Waals surface area contributed by atoms with Gasteiger partial charge in [0, 0.05) is 0 Å². The van der Waals surface area contributed by atoms with Gasteiger partial charge in [-0.05, 0) is 32.4 Å². The van der Waals surface area contributed by atoms with Gasteiger partial charge in [-0.2, -0.15) is 0 Å². The number of carboxylic acids is 1. The average molecular weight is 300 g/mol. The summed E-state index contributed by atoms with van der Waals surface area (Å²) in [5.41, 5.74) is 0.503. The molecule has 1 aromatic rings. The number of thiazole rings is 1. The summed E-state index contributed by atoms with van der Waals surface area (Å²) in [4.78, 5) is 27.4. The van der Waals surface area contributed by atoms with E-state index in [4.69, 9.17) is 5.11 Å². The standard InChI is InChI=1S/C12H16N2O3S2/c1-7-9(10(15)16)19-8(14-7)6-13-11(17)12(2)4-3-5-18-12/h3-6H2,1-2H3,(H,13,17)(H,15,16). The highest BCUT2D eigenvalue weighted by atomic mass is 32.2. The lowest BCUT2D eigenvalue weighted by Gasteiger charge is -2.20. The number of amides is 1. The fourth-order valence-corrected chi connectivity index (χ4v) is 4.10. The molecule has 0 radical (unpaired) electrons. The molecule has 0 saturated carbocycles. The maximum atomic E-state index is 12.1. The quantitative estimate of drug-likeness (QED) is 0.889. The second-order valence-electron chi connectivity index (χ2n) is 4.69. The van der Waals surface area contributed by atoms with E-state index < -0.39 is 5.97 Å². The van der Waals surface area contributed by atoms with Crippen LogP contribution in [0.25, 0.3) is 0 Å². The van der Waals surface area contributed by atoms with Crippen LogP contribution in [0.2, 0.25) is 0 Å². The van der Waals surface area contributed by atoms with Crippen molar-refractivity contribution in [3.8, 4) is 0 Å². The van der Waals surface area contributed by atoms with Crippen molar-refractivity contribution in [1.29, 1.82) is 0 Å². The van der Waals surface area contributed by atoms with Gasteiger partial charge in [-0.1, -0.05) is 0 Å². The van der Waals surface area contributed by atoms with Crippen molar-refractivity contribution in [3.05, 3.63) is 15.6 Å². The van der Waals surface area contributed by atoms with Crippen LogP contribution in [0.4, 0.5) is 0 Å². The van der Waals surface area contributed by atoms with E-state index in [0.29, 0.717) is 17.2 Å². The summed E-state index contributed by atoms with van der Waals surface area (Å²) in [7, 11) is 0. The third-order valence-electron chi connectivity index (χ3n) is 3.13. The Morgan fingerprint density at radius 1 is 1.53 bits per heavy atom. The summed E-state index contributed by atoms with van der Waals surface area (Å²) in [6, 6.07) is 0. The highest BCUT2D eigenvalue weighted by Gasteiger charge is 2.36. The molecule has 1 unspecified atom stereocenters. The van der Waals surface area contributed by atoms with Crippen LogP contribution >= 0.6 is 23.1 Å². The summed E-state index contributed by atoms with van der Waals surface area (Å²) < 4.78 is -0.345. The van der Waals surface area contributed by atoms with Gasteiger partial charge in [-0.15, -0.1) is 23.1 Å². The van der Waals surface area contributed by atoms with Gasteiger partial charge in [0.15, 0.2) is 0 Å². The normalized spacial score (nSPS) is 22.4. The number of aromatic carboxylic acids is 1. The van der Waals surface area contributed by atoms with Crippen LogP contribution in [-0.4, -0.2) is 32.5 Å². The van der Waals surface area contributed by atoms with Crippen molar-refractivity contribution in [2.24, 2.45) is 0 Å². The molecule has 1 aliphatic rings. The van der Waals surface area contributed by atoms with Gasteiger partial charge in [0.2, 0.25) is 5.91 Å². The predicted octanol–water partition coefficient (Wildman–Crippen LogP) is 2.05. The SMILES string of the molecule is Cc1nc(CNC(=O)C2(C)CCCS2)sc1C(=O)O. The smallest absolute Gasteiger partial charge is 0.347 e. The summed E-state index contributed by atoms with van der Waals surface area (Å²) in [5, 5.41) is 12.4. The Balaban J connectivity index is 1.97. The van der Waals surface area contributed by atoms with E-state index in [1.54, 1.807) is 18.7 Å². The second kappa shape index (κ2) is 5.50. The van der Waals surface area contributed by atoms with Crippen LogP contribution in [0.5, 0.6) is 0 Å². The number of carbonyl (C=O) groups excluding carboxylic acids is 1. The Morgan fingerprint density at radius 3 is 2.79 bits per heavy atom. The van der Waals surface area contributed by atoms with Crippen molar-refractivity contribution < 1.29 is 14.7 Å². The summed E-state index contributed by atoms with van der Waals surface area (Å²) in [5.74, 6) is 0.0642. The van der Waals surface area contributed by atoms with Crippen molar-refractivity contribution in [2.75, 3.05) is 5.75 Å². The number of carboxylic acid groups (broad SMARTS) is 1. The van der Waals surface area contributed by atoms with Gasteiger partial charge in [0.25, 0.3) is 0 Å². The molecule has 1 saturated heterocycles. The van der Waals surface area contributed by atoms with Crippen molar-refractivity contribution >= 4 is 35.0 Å². The van der Waals surface area contributed by atoms with Crippen molar-refractivity contribution in [2.45, 2.75) is 38.0 Å². The molecule has 7 heteroatoms. The van der Waals surface area contributed by atoms with E-state index in [2.05, 4.69) is 10.3 Å². The monoisotopic (exact) mass is 300 g/mol. The van der Waals surface area contributed by atoms with Gasteiger partial charge < -0.3 is 10.4 Å². The third kappa shape index (κ3) is 3.09. The van der Waals surface area contributed by atoms with E-state index >= 15 is 0 Å². The Morgan fingerprint density at radius 2 is 2.26 bits per heavy atom. The van der Waals surface area contributed by atoms with E-state index in [1.165, 1.54) is 0 Å². The molecule has 0 bridgehead atoms. The van der Waals surface area contributed by atoms with Crippen LogP contribution < -0.4 is 5.32 Å². The molecule has 2 N–H and O–H groups in total.